The van der Waals surface area contributed by atoms with Crippen LogP contribution in [0.15, 0.2) is 6.07 Å². The number of aliphatic carboxylic acids is 1. The highest BCUT2D eigenvalue weighted by Gasteiger charge is 2.22. The normalized spacial score (nSPS) is 10.3. The van der Waals surface area contributed by atoms with Gasteiger partial charge in [0.1, 0.15) is 11.5 Å². The van der Waals surface area contributed by atoms with Crippen LogP contribution >= 0.6 is 31.9 Å². The Labute approximate surface area is 139 Å². The SMILES string of the molecule is COc1cc(C(=O)CCC(=O)O)c(OC)c(CBr)c1CBr. The summed E-state index contributed by atoms with van der Waals surface area (Å²) in [5.74, 6) is -0.263. The fourth-order valence-electron chi connectivity index (χ4n) is 2.00. The lowest BCUT2D eigenvalue weighted by molar-refractivity contribution is -0.136. The number of Topliss-reactive ketones (excluding diaryl/α,β-unsaturated/α-hetero) is 1. The number of hydrogen-bond acceptors (Lipinski definition) is 4. The van der Waals surface area contributed by atoms with Gasteiger partial charge in [0, 0.05) is 28.2 Å². The second-order valence-corrected chi connectivity index (χ2v) is 5.32. The first kappa shape index (κ1) is 18.0. The van der Waals surface area contributed by atoms with Gasteiger partial charge in [-0.2, -0.15) is 0 Å². The van der Waals surface area contributed by atoms with E-state index in [-0.39, 0.29) is 18.6 Å². The molecule has 1 N–H and O–H groups in total. The zero-order valence-corrected chi connectivity index (χ0v) is 14.9. The van der Waals surface area contributed by atoms with E-state index in [0.717, 1.165) is 11.1 Å². The molecule has 0 amide bonds. The van der Waals surface area contributed by atoms with Crippen molar-refractivity contribution in [3.63, 3.8) is 0 Å². The summed E-state index contributed by atoms with van der Waals surface area (Å²) in [6, 6.07) is 1.60. The summed E-state index contributed by atoms with van der Waals surface area (Å²) >= 11 is 6.78. The monoisotopic (exact) mass is 422 g/mol. The number of rotatable bonds is 8. The molecule has 0 fully saturated rings. The van der Waals surface area contributed by atoms with Gasteiger partial charge in [0.05, 0.1) is 26.2 Å². The van der Waals surface area contributed by atoms with Gasteiger partial charge < -0.3 is 14.6 Å². The van der Waals surface area contributed by atoms with Crippen molar-refractivity contribution in [3.8, 4) is 11.5 Å². The molecule has 0 aliphatic carbocycles. The Morgan fingerprint density at radius 3 is 2.14 bits per heavy atom. The molecule has 0 aliphatic rings. The van der Waals surface area contributed by atoms with E-state index in [1.165, 1.54) is 14.2 Å². The summed E-state index contributed by atoms with van der Waals surface area (Å²) < 4.78 is 10.7. The van der Waals surface area contributed by atoms with E-state index < -0.39 is 5.97 Å². The molecule has 0 atom stereocenters. The molecule has 1 aromatic rings. The molecular formula is C14H16Br2O5. The predicted molar refractivity (Wildman–Crippen MR) is 86.0 cm³/mol. The van der Waals surface area contributed by atoms with Crippen molar-refractivity contribution < 1.29 is 24.2 Å². The van der Waals surface area contributed by atoms with Crippen LogP contribution in [0.1, 0.15) is 34.3 Å². The Kier molecular flexibility index (Phi) is 7.17. The number of hydrogen-bond donors (Lipinski definition) is 1. The Morgan fingerprint density at radius 1 is 1.10 bits per heavy atom. The number of ether oxygens (including phenoxy) is 2. The highest BCUT2D eigenvalue weighted by atomic mass is 79.9. The molecule has 0 radical (unpaired) electrons. The lowest BCUT2D eigenvalue weighted by Crippen LogP contribution is -2.09. The summed E-state index contributed by atoms with van der Waals surface area (Å²) in [6.07, 6.45) is -0.293. The first-order valence-electron chi connectivity index (χ1n) is 6.13. The molecule has 0 unspecified atom stereocenters. The van der Waals surface area contributed by atoms with Crippen molar-refractivity contribution in [2.75, 3.05) is 14.2 Å². The first-order valence-corrected chi connectivity index (χ1v) is 8.38. The van der Waals surface area contributed by atoms with E-state index in [4.69, 9.17) is 14.6 Å². The summed E-state index contributed by atoms with van der Waals surface area (Å²) in [6.45, 7) is 0. The molecule has 0 aliphatic heterocycles. The van der Waals surface area contributed by atoms with Crippen molar-refractivity contribution in [1.29, 1.82) is 0 Å². The van der Waals surface area contributed by atoms with E-state index in [0.29, 0.717) is 27.7 Å². The number of methoxy groups -OCH3 is 2. The quantitative estimate of drug-likeness (QED) is 0.511. The third kappa shape index (κ3) is 4.20. The highest BCUT2D eigenvalue weighted by Crippen LogP contribution is 2.37. The molecule has 0 bridgehead atoms. The fourth-order valence-corrected chi connectivity index (χ4v) is 3.21. The molecule has 21 heavy (non-hydrogen) atoms. The second-order valence-electron chi connectivity index (χ2n) is 4.20. The third-order valence-electron chi connectivity index (χ3n) is 3.01. The van der Waals surface area contributed by atoms with Crippen LogP contribution in [0.3, 0.4) is 0 Å². The van der Waals surface area contributed by atoms with Crippen LogP contribution in [0.5, 0.6) is 11.5 Å². The average Bonchev–Trinajstić information content (AvgIpc) is 2.49. The van der Waals surface area contributed by atoms with Crippen molar-refractivity contribution in [2.24, 2.45) is 0 Å². The van der Waals surface area contributed by atoms with E-state index in [2.05, 4.69) is 31.9 Å². The summed E-state index contributed by atoms with van der Waals surface area (Å²) in [5, 5.41) is 9.74. The van der Waals surface area contributed by atoms with Crippen LogP contribution in [0.2, 0.25) is 0 Å². The van der Waals surface area contributed by atoms with Gasteiger partial charge >= 0.3 is 5.97 Å². The van der Waals surface area contributed by atoms with Crippen LogP contribution in [0.4, 0.5) is 0 Å². The molecule has 0 spiro atoms. The lowest BCUT2D eigenvalue weighted by atomic mass is 9.98. The summed E-state index contributed by atoms with van der Waals surface area (Å²) in [7, 11) is 3.01. The highest BCUT2D eigenvalue weighted by molar-refractivity contribution is 9.09. The van der Waals surface area contributed by atoms with Crippen molar-refractivity contribution in [2.45, 2.75) is 23.5 Å². The summed E-state index contributed by atoms with van der Waals surface area (Å²) in [5.41, 5.74) is 2.04. The van der Waals surface area contributed by atoms with Crippen molar-refractivity contribution in [1.82, 2.24) is 0 Å². The first-order chi connectivity index (χ1) is 9.99. The third-order valence-corrected chi connectivity index (χ3v) is 4.13. The van der Waals surface area contributed by atoms with Gasteiger partial charge in [-0.25, -0.2) is 0 Å². The number of ketones is 1. The smallest absolute Gasteiger partial charge is 0.303 e. The molecule has 1 rings (SSSR count). The number of benzene rings is 1. The maximum Gasteiger partial charge on any atom is 0.303 e. The van der Waals surface area contributed by atoms with Crippen LogP contribution < -0.4 is 9.47 Å². The van der Waals surface area contributed by atoms with Gasteiger partial charge in [0.25, 0.3) is 0 Å². The van der Waals surface area contributed by atoms with Gasteiger partial charge in [0.2, 0.25) is 0 Å². The molecule has 5 nitrogen and oxygen atoms in total. The minimum atomic E-state index is -1.01. The lowest BCUT2D eigenvalue weighted by Gasteiger charge is -2.18. The zero-order valence-electron chi connectivity index (χ0n) is 11.7. The number of carboxylic acid groups (broad SMARTS) is 1. The molecule has 0 saturated carbocycles. The number of carbonyl (C=O) groups is 2. The van der Waals surface area contributed by atoms with Crippen LogP contribution in [0.25, 0.3) is 0 Å². The van der Waals surface area contributed by atoms with E-state index in [1.807, 2.05) is 0 Å². The van der Waals surface area contributed by atoms with Crippen molar-refractivity contribution >= 4 is 43.6 Å². The number of carboxylic acids is 1. The number of carbonyl (C=O) groups excluding carboxylic acids is 1. The topological polar surface area (TPSA) is 72.8 Å². The van der Waals surface area contributed by atoms with Gasteiger partial charge in [-0.05, 0) is 6.07 Å². The molecule has 0 saturated heterocycles. The number of halogens is 2. The Hall–Kier alpha value is -1.08. The maximum absolute atomic E-state index is 12.2. The van der Waals surface area contributed by atoms with E-state index >= 15 is 0 Å². The molecular weight excluding hydrogens is 408 g/mol. The fraction of sp³-hybridized carbons (Fsp3) is 0.429. The van der Waals surface area contributed by atoms with Crippen LogP contribution in [-0.2, 0) is 15.5 Å². The van der Waals surface area contributed by atoms with E-state index in [9.17, 15) is 9.59 Å². The molecule has 7 heteroatoms. The second kappa shape index (κ2) is 8.38. The minimum Gasteiger partial charge on any atom is -0.496 e. The zero-order chi connectivity index (χ0) is 16.0. The van der Waals surface area contributed by atoms with Crippen LogP contribution in [0, 0.1) is 0 Å². The maximum atomic E-state index is 12.2. The largest absolute Gasteiger partial charge is 0.496 e. The van der Waals surface area contributed by atoms with Gasteiger partial charge in [-0.3, -0.25) is 9.59 Å². The summed E-state index contributed by atoms with van der Waals surface area (Å²) in [4.78, 5) is 22.9. The molecule has 0 aromatic heterocycles. The molecule has 0 heterocycles. The average molecular weight is 424 g/mol. The van der Waals surface area contributed by atoms with Gasteiger partial charge in [-0.1, -0.05) is 31.9 Å². The Bertz CT molecular complexity index is 543. The minimum absolute atomic E-state index is 0.0791. The van der Waals surface area contributed by atoms with E-state index in [1.54, 1.807) is 6.07 Å². The predicted octanol–water partition coefficient (Wildman–Crippen LogP) is 3.54. The van der Waals surface area contributed by atoms with Gasteiger partial charge in [0.15, 0.2) is 5.78 Å². The molecule has 1 aromatic carbocycles. The Balaban J connectivity index is 3.36. The van der Waals surface area contributed by atoms with Crippen molar-refractivity contribution in [3.05, 3.63) is 22.8 Å². The van der Waals surface area contributed by atoms with Crippen LogP contribution in [-0.4, -0.2) is 31.1 Å². The standard InChI is InChI=1S/C14H16Br2O5/c1-20-12-5-8(11(17)3-4-13(18)19)14(21-2)10(7-16)9(12)6-15/h5H,3-4,6-7H2,1-2H3,(H,18,19). The molecule has 116 valence electrons. The van der Waals surface area contributed by atoms with Gasteiger partial charge in [-0.15, -0.1) is 0 Å². The number of alkyl halides is 2. The Morgan fingerprint density at radius 2 is 1.71 bits per heavy atom.